The first-order valence-corrected chi connectivity index (χ1v) is 12.6. The van der Waals surface area contributed by atoms with Crippen LogP contribution in [0.3, 0.4) is 0 Å². The van der Waals surface area contributed by atoms with E-state index in [-0.39, 0.29) is 55.2 Å². The van der Waals surface area contributed by atoms with E-state index >= 15 is 0 Å². The Morgan fingerprint density at radius 2 is 1.75 bits per heavy atom. The largest absolute Gasteiger partial charge is 0.573 e. The predicted molar refractivity (Wildman–Crippen MR) is 135 cm³/mol. The van der Waals surface area contributed by atoms with Gasteiger partial charge in [-0.1, -0.05) is 22.6 Å². The first-order valence-electron chi connectivity index (χ1n) is 12.6. The van der Waals surface area contributed by atoms with Gasteiger partial charge in [-0.05, 0) is 29.8 Å². The van der Waals surface area contributed by atoms with Crippen LogP contribution in [0.4, 0.5) is 36.6 Å². The van der Waals surface area contributed by atoms with Crippen LogP contribution in [0.1, 0.15) is 33.7 Å². The smallest absolute Gasteiger partial charge is 0.406 e. The van der Waals surface area contributed by atoms with Gasteiger partial charge in [0.1, 0.15) is 11.9 Å². The van der Waals surface area contributed by atoms with Crippen LogP contribution in [0.5, 0.6) is 5.75 Å². The van der Waals surface area contributed by atoms with E-state index < -0.39 is 41.8 Å². The summed E-state index contributed by atoms with van der Waals surface area (Å²) >= 11 is 0. The number of hydrogen-bond donors (Lipinski definition) is 2. The number of carbonyl (C=O) groups excluding carboxylic acids is 2. The number of benzene rings is 1. The fourth-order valence-corrected chi connectivity index (χ4v) is 3.76. The monoisotopic (exact) mass is 629 g/mol. The van der Waals surface area contributed by atoms with Crippen molar-refractivity contribution >= 4 is 17.6 Å². The lowest BCUT2D eigenvalue weighted by Crippen LogP contribution is -2.24. The van der Waals surface area contributed by atoms with Crippen LogP contribution >= 0.6 is 0 Å². The molecular formula is C25H22F7N9O3. The minimum Gasteiger partial charge on any atom is -0.406 e. The molecule has 0 saturated carbocycles. The molecular weight excluding hydrogens is 607 g/mol. The Bertz CT molecular complexity index is 1590. The Hall–Kier alpha value is -5.10. The van der Waals surface area contributed by atoms with Crippen molar-refractivity contribution in [3.8, 4) is 5.75 Å². The average molecular weight is 629 g/mol. The van der Waals surface area contributed by atoms with E-state index in [2.05, 4.69) is 41.0 Å². The second-order valence-electron chi connectivity index (χ2n) is 9.22. The van der Waals surface area contributed by atoms with E-state index in [0.717, 1.165) is 35.1 Å². The number of carbonyl (C=O) groups is 2. The third-order valence-corrected chi connectivity index (χ3v) is 5.70. The van der Waals surface area contributed by atoms with Crippen molar-refractivity contribution < 1.29 is 45.1 Å². The second-order valence-corrected chi connectivity index (χ2v) is 9.22. The maximum absolute atomic E-state index is 14.6. The summed E-state index contributed by atoms with van der Waals surface area (Å²) in [4.78, 5) is 28.3. The number of amides is 2. The van der Waals surface area contributed by atoms with E-state index in [9.17, 15) is 40.3 Å². The fraction of sp³-hybridized carbons (Fsp3) is 0.320. The van der Waals surface area contributed by atoms with Crippen LogP contribution in [-0.2, 0) is 37.0 Å². The van der Waals surface area contributed by atoms with E-state index in [1.807, 2.05) is 0 Å². The molecule has 1 unspecified atom stereocenters. The molecule has 1 atom stereocenters. The summed E-state index contributed by atoms with van der Waals surface area (Å²) in [6.45, 7) is -0.510. The molecule has 0 aliphatic rings. The van der Waals surface area contributed by atoms with Crippen LogP contribution in [0, 0.1) is 0 Å². The molecule has 4 aromatic rings. The molecule has 0 aliphatic carbocycles. The minimum atomic E-state index is -4.87. The van der Waals surface area contributed by atoms with E-state index in [0.29, 0.717) is 0 Å². The van der Waals surface area contributed by atoms with Gasteiger partial charge in [0, 0.05) is 19.2 Å². The minimum absolute atomic E-state index is 0.00263. The maximum Gasteiger partial charge on any atom is 0.573 e. The summed E-state index contributed by atoms with van der Waals surface area (Å²) < 4.78 is 96.5. The quantitative estimate of drug-likeness (QED) is 0.226. The number of hydrogen-bond acceptors (Lipinski definition) is 8. The average Bonchev–Trinajstić information content (AvgIpc) is 3.59. The van der Waals surface area contributed by atoms with E-state index in [1.165, 1.54) is 29.2 Å². The molecule has 1 aromatic carbocycles. The third-order valence-electron chi connectivity index (χ3n) is 5.70. The van der Waals surface area contributed by atoms with Gasteiger partial charge in [-0.25, -0.2) is 9.07 Å². The zero-order valence-electron chi connectivity index (χ0n) is 22.3. The lowest BCUT2D eigenvalue weighted by Gasteiger charge is -2.09. The van der Waals surface area contributed by atoms with E-state index in [1.54, 1.807) is 0 Å². The van der Waals surface area contributed by atoms with Gasteiger partial charge < -0.3 is 15.4 Å². The predicted octanol–water partition coefficient (Wildman–Crippen LogP) is 3.72. The van der Waals surface area contributed by atoms with Crippen LogP contribution in [-0.4, -0.2) is 59.3 Å². The van der Waals surface area contributed by atoms with Gasteiger partial charge in [-0.15, -0.1) is 23.4 Å². The Morgan fingerprint density at radius 3 is 2.50 bits per heavy atom. The van der Waals surface area contributed by atoms with E-state index in [4.69, 9.17) is 0 Å². The van der Waals surface area contributed by atoms with Gasteiger partial charge in [-0.2, -0.15) is 13.2 Å². The highest BCUT2D eigenvalue weighted by molar-refractivity contribution is 5.92. The maximum atomic E-state index is 14.6. The van der Waals surface area contributed by atoms with Crippen molar-refractivity contribution in [3.63, 3.8) is 0 Å². The molecule has 0 saturated heterocycles. The summed E-state index contributed by atoms with van der Waals surface area (Å²) in [5.74, 6) is -1.79. The summed E-state index contributed by atoms with van der Waals surface area (Å²) in [7, 11) is 0. The number of anilines is 1. The van der Waals surface area contributed by atoms with Crippen molar-refractivity contribution in [1.82, 2.24) is 40.3 Å². The number of aromatic nitrogens is 7. The molecule has 0 bridgehead atoms. The molecule has 44 heavy (non-hydrogen) atoms. The number of pyridine rings is 1. The summed E-state index contributed by atoms with van der Waals surface area (Å²) in [5, 5.41) is 19.7. The van der Waals surface area contributed by atoms with Crippen molar-refractivity contribution in [2.24, 2.45) is 0 Å². The highest BCUT2D eigenvalue weighted by Crippen LogP contribution is 2.29. The number of aryl methyl sites for hydroxylation is 1. The lowest BCUT2D eigenvalue weighted by atomic mass is 10.1. The van der Waals surface area contributed by atoms with Crippen molar-refractivity contribution in [3.05, 3.63) is 77.5 Å². The zero-order valence-corrected chi connectivity index (χ0v) is 22.3. The first-order chi connectivity index (χ1) is 20.7. The molecule has 12 nitrogen and oxygen atoms in total. The molecule has 4 rings (SSSR count). The standard InChI is InChI=1S/C25H22F7N9O3/c26-17(5-7-40-13-20(36-38-40)23(43)34-11-18-10-16(4-6-33-18)24(27,28)29)12-41-14-21(37-39-41)35-22(42)9-15-2-1-3-19(8-15)44-25(30,31)32/h1-4,6,8,10,13-14,17H,5,7,9,11-12H2,(H,34,43)(H,35,42). The molecule has 0 aliphatic heterocycles. The van der Waals surface area contributed by atoms with Crippen LogP contribution in [0.2, 0.25) is 0 Å². The SMILES string of the molecule is O=C(Cc1cccc(OC(F)(F)F)c1)Nc1cn(CC(F)CCn2cc(C(=O)NCc3cc(C(F)(F)F)ccn3)nn2)nn1. The number of ether oxygens (including phenoxy) is 1. The Morgan fingerprint density at radius 1 is 0.977 bits per heavy atom. The van der Waals surface area contributed by atoms with Gasteiger partial charge in [0.15, 0.2) is 11.5 Å². The molecule has 19 heteroatoms. The molecule has 234 valence electrons. The third kappa shape index (κ3) is 9.73. The van der Waals surface area contributed by atoms with Gasteiger partial charge in [-0.3, -0.25) is 19.3 Å². The van der Waals surface area contributed by atoms with Crippen molar-refractivity contribution in [2.75, 3.05) is 5.32 Å². The number of halogens is 7. The highest BCUT2D eigenvalue weighted by Gasteiger charge is 2.31. The van der Waals surface area contributed by atoms with Gasteiger partial charge in [0.25, 0.3) is 5.91 Å². The molecule has 2 N–H and O–H groups in total. The number of rotatable bonds is 12. The first kappa shape index (κ1) is 31.8. The summed E-state index contributed by atoms with van der Waals surface area (Å²) in [6.07, 6.45) is -7.74. The molecule has 0 radical (unpaired) electrons. The number of nitrogens with one attached hydrogen (secondary N) is 2. The Balaban J connectivity index is 1.20. The Labute approximate surface area is 243 Å². The van der Waals surface area contributed by atoms with Crippen molar-refractivity contribution in [2.45, 2.75) is 51.2 Å². The topological polar surface area (TPSA) is 142 Å². The van der Waals surface area contributed by atoms with Crippen LogP contribution < -0.4 is 15.4 Å². The lowest BCUT2D eigenvalue weighted by molar-refractivity contribution is -0.274. The number of alkyl halides is 7. The number of nitrogens with zero attached hydrogens (tertiary/aromatic N) is 7. The molecule has 2 amide bonds. The molecule has 0 spiro atoms. The Kier molecular flexibility index (Phi) is 9.74. The van der Waals surface area contributed by atoms with Crippen LogP contribution in [0.25, 0.3) is 0 Å². The summed E-state index contributed by atoms with van der Waals surface area (Å²) in [6, 6.07) is 6.53. The second kappa shape index (κ2) is 13.5. The highest BCUT2D eigenvalue weighted by atomic mass is 19.4. The fourth-order valence-electron chi connectivity index (χ4n) is 3.76. The summed E-state index contributed by atoms with van der Waals surface area (Å²) in [5.41, 5.74) is -0.801. The normalized spacial score (nSPS) is 12.5. The zero-order chi connectivity index (χ0) is 31.9. The van der Waals surface area contributed by atoms with Gasteiger partial charge >= 0.3 is 12.5 Å². The van der Waals surface area contributed by atoms with Gasteiger partial charge in [0.2, 0.25) is 5.91 Å². The molecule has 3 aromatic heterocycles. The molecule has 0 fully saturated rings. The van der Waals surface area contributed by atoms with Gasteiger partial charge in [0.05, 0.1) is 43.2 Å². The van der Waals surface area contributed by atoms with Crippen molar-refractivity contribution in [1.29, 1.82) is 0 Å². The van der Waals surface area contributed by atoms with Crippen LogP contribution in [0.15, 0.2) is 55.0 Å². The molecule has 3 heterocycles.